The van der Waals surface area contributed by atoms with E-state index in [9.17, 15) is 0 Å². The number of hydrogen-bond acceptors (Lipinski definition) is 1. The first-order valence-corrected chi connectivity index (χ1v) is 7.34. The minimum absolute atomic E-state index is 0.249. The van der Waals surface area contributed by atoms with E-state index in [1.807, 2.05) is 0 Å². The largest absolute Gasteiger partial charge is 0.309 e. The SMILES string of the molecule is CN(C)CCC(C)(C)Cc1ccc(C(C)(C)C)cc1. The van der Waals surface area contributed by atoms with Gasteiger partial charge in [0.25, 0.3) is 0 Å². The number of benzene rings is 1. The first-order chi connectivity index (χ1) is 8.60. The van der Waals surface area contributed by atoms with Crippen molar-refractivity contribution in [1.29, 1.82) is 0 Å². The first-order valence-electron chi connectivity index (χ1n) is 7.34. The second-order valence-electron chi connectivity index (χ2n) is 7.84. The monoisotopic (exact) mass is 261 g/mol. The van der Waals surface area contributed by atoms with Crippen molar-refractivity contribution in [3.63, 3.8) is 0 Å². The summed E-state index contributed by atoms with van der Waals surface area (Å²) in [6, 6.07) is 9.19. The van der Waals surface area contributed by atoms with Gasteiger partial charge in [0.1, 0.15) is 0 Å². The second kappa shape index (κ2) is 6.09. The van der Waals surface area contributed by atoms with E-state index in [1.165, 1.54) is 17.5 Å². The molecule has 108 valence electrons. The summed E-state index contributed by atoms with van der Waals surface area (Å²) < 4.78 is 0. The zero-order valence-corrected chi connectivity index (χ0v) is 13.9. The third-order valence-corrected chi connectivity index (χ3v) is 3.74. The molecule has 1 aromatic rings. The fourth-order valence-electron chi connectivity index (χ4n) is 2.29. The summed E-state index contributed by atoms with van der Waals surface area (Å²) in [5.74, 6) is 0. The van der Waals surface area contributed by atoms with Crippen molar-refractivity contribution in [1.82, 2.24) is 4.90 Å². The van der Waals surface area contributed by atoms with Gasteiger partial charge >= 0.3 is 0 Å². The van der Waals surface area contributed by atoms with E-state index in [1.54, 1.807) is 0 Å². The van der Waals surface area contributed by atoms with Crippen LogP contribution in [0.15, 0.2) is 24.3 Å². The molecular formula is C18H31N. The van der Waals surface area contributed by atoms with Crippen molar-refractivity contribution in [2.75, 3.05) is 20.6 Å². The molecule has 0 saturated carbocycles. The maximum atomic E-state index is 2.37. The van der Waals surface area contributed by atoms with Crippen LogP contribution in [0.1, 0.15) is 52.2 Å². The summed E-state index contributed by atoms with van der Waals surface area (Å²) in [6.45, 7) is 12.7. The van der Waals surface area contributed by atoms with E-state index in [-0.39, 0.29) is 5.41 Å². The Kier molecular flexibility index (Phi) is 5.20. The van der Waals surface area contributed by atoms with Crippen molar-refractivity contribution in [2.45, 2.75) is 52.9 Å². The molecule has 0 fully saturated rings. The fraction of sp³-hybridized carbons (Fsp3) is 0.667. The second-order valence-corrected chi connectivity index (χ2v) is 7.84. The van der Waals surface area contributed by atoms with Crippen LogP contribution in [0.4, 0.5) is 0 Å². The van der Waals surface area contributed by atoms with E-state index < -0.39 is 0 Å². The molecule has 1 rings (SSSR count). The third kappa shape index (κ3) is 5.78. The van der Waals surface area contributed by atoms with Gasteiger partial charge in [0.05, 0.1) is 0 Å². The van der Waals surface area contributed by atoms with Crippen LogP contribution in [-0.4, -0.2) is 25.5 Å². The molecule has 1 aromatic carbocycles. The molecule has 1 nitrogen and oxygen atoms in total. The average Bonchev–Trinajstić information content (AvgIpc) is 2.25. The van der Waals surface area contributed by atoms with Gasteiger partial charge in [-0.1, -0.05) is 58.9 Å². The van der Waals surface area contributed by atoms with Crippen molar-refractivity contribution in [3.8, 4) is 0 Å². The predicted octanol–water partition coefficient (Wildman–Crippen LogP) is 4.50. The van der Waals surface area contributed by atoms with Gasteiger partial charge in [-0.2, -0.15) is 0 Å². The lowest BCUT2D eigenvalue weighted by Gasteiger charge is -2.27. The van der Waals surface area contributed by atoms with E-state index in [0.717, 1.165) is 13.0 Å². The highest BCUT2D eigenvalue weighted by molar-refractivity contribution is 5.28. The third-order valence-electron chi connectivity index (χ3n) is 3.74. The van der Waals surface area contributed by atoms with Crippen molar-refractivity contribution >= 4 is 0 Å². The van der Waals surface area contributed by atoms with E-state index >= 15 is 0 Å². The minimum atomic E-state index is 0.249. The molecule has 0 atom stereocenters. The molecule has 0 aliphatic rings. The zero-order valence-electron chi connectivity index (χ0n) is 13.9. The maximum Gasteiger partial charge on any atom is -0.00196 e. The number of nitrogens with zero attached hydrogens (tertiary/aromatic N) is 1. The lowest BCUT2D eigenvalue weighted by atomic mass is 9.81. The zero-order chi connectivity index (χ0) is 14.7. The van der Waals surface area contributed by atoms with Crippen LogP contribution >= 0.6 is 0 Å². The van der Waals surface area contributed by atoms with Gasteiger partial charge in [-0.05, 0) is 55.4 Å². The summed E-state index contributed by atoms with van der Waals surface area (Å²) in [7, 11) is 4.29. The van der Waals surface area contributed by atoms with Crippen LogP contribution in [0.2, 0.25) is 0 Å². The van der Waals surface area contributed by atoms with E-state index in [0.29, 0.717) is 5.41 Å². The van der Waals surface area contributed by atoms with Crippen molar-refractivity contribution in [2.24, 2.45) is 5.41 Å². The van der Waals surface area contributed by atoms with Crippen LogP contribution in [0.3, 0.4) is 0 Å². The van der Waals surface area contributed by atoms with Crippen LogP contribution in [0.25, 0.3) is 0 Å². The van der Waals surface area contributed by atoms with E-state index in [4.69, 9.17) is 0 Å². The molecule has 0 saturated heterocycles. The molecule has 0 N–H and O–H groups in total. The Balaban J connectivity index is 2.67. The van der Waals surface area contributed by atoms with Gasteiger partial charge < -0.3 is 4.90 Å². The fourth-order valence-corrected chi connectivity index (χ4v) is 2.29. The number of hydrogen-bond donors (Lipinski definition) is 0. The Morgan fingerprint density at radius 1 is 0.895 bits per heavy atom. The van der Waals surface area contributed by atoms with Crippen LogP contribution in [0.5, 0.6) is 0 Å². The van der Waals surface area contributed by atoms with Crippen LogP contribution < -0.4 is 0 Å². The highest BCUT2D eigenvalue weighted by atomic mass is 15.0. The van der Waals surface area contributed by atoms with Crippen molar-refractivity contribution < 1.29 is 0 Å². The number of rotatable bonds is 5. The van der Waals surface area contributed by atoms with Gasteiger partial charge in [0.2, 0.25) is 0 Å². The van der Waals surface area contributed by atoms with Crippen LogP contribution in [-0.2, 0) is 11.8 Å². The average molecular weight is 261 g/mol. The molecule has 0 aliphatic carbocycles. The maximum absolute atomic E-state index is 2.37. The van der Waals surface area contributed by atoms with Gasteiger partial charge in [-0.3, -0.25) is 0 Å². The lowest BCUT2D eigenvalue weighted by Crippen LogP contribution is -2.23. The molecule has 0 bridgehead atoms. The highest BCUT2D eigenvalue weighted by Crippen LogP contribution is 2.28. The molecule has 1 heteroatoms. The van der Waals surface area contributed by atoms with Gasteiger partial charge in [0, 0.05) is 0 Å². The van der Waals surface area contributed by atoms with Crippen molar-refractivity contribution in [3.05, 3.63) is 35.4 Å². The molecule has 0 spiro atoms. The summed E-state index contributed by atoms with van der Waals surface area (Å²) in [5.41, 5.74) is 3.49. The molecule has 0 radical (unpaired) electrons. The van der Waals surface area contributed by atoms with E-state index in [2.05, 4.69) is 77.9 Å². The lowest BCUT2D eigenvalue weighted by molar-refractivity contribution is 0.272. The Morgan fingerprint density at radius 2 is 1.42 bits per heavy atom. The molecule has 0 unspecified atom stereocenters. The molecule has 0 heterocycles. The molecular weight excluding hydrogens is 230 g/mol. The minimum Gasteiger partial charge on any atom is -0.309 e. The summed E-state index contributed by atoms with van der Waals surface area (Å²) in [5, 5.41) is 0. The predicted molar refractivity (Wildman–Crippen MR) is 85.8 cm³/mol. The Bertz CT molecular complexity index is 379. The smallest absolute Gasteiger partial charge is 0.00196 e. The normalized spacial score (nSPS) is 13.1. The summed E-state index contributed by atoms with van der Waals surface area (Å²) in [6.07, 6.45) is 2.40. The standard InChI is InChI=1S/C18H31N/c1-17(2,3)16-10-8-15(9-11-16)14-18(4,5)12-13-19(6)7/h8-11H,12-14H2,1-7H3. The molecule has 0 amide bonds. The molecule has 0 aromatic heterocycles. The van der Waals surface area contributed by atoms with Crippen LogP contribution in [0, 0.1) is 5.41 Å². The topological polar surface area (TPSA) is 3.24 Å². The quantitative estimate of drug-likeness (QED) is 0.754. The van der Waals surface area contributed by atoms with Gasteiger partial charge in [0.15, 0.2) is 0 Å². The Labute approximate surface area is 120 Å². The first kappa shape index (κ1) is 16.2. The van der Waals surface area contributed by atoms with Gasteiger partial charge in [-0.25, -0.2) is 0 Å². The Morgan fingerprint density at radius 3 is 1.84 bits per heavy atom. The Hall–Kier alpha value is -0.820. The molecule has 0 aliphatic heterocycles. The summed E-state index contributed by atoms with van der Waals surface area (Å²) >= 11 is 0. The van der Waals surface area contributed by atoms with Gasteiger partial charge in [-0.15, -0.1) is 0 Å². The molecule has 19 heavy (non-hydrogen) atoms. The summed E-state index contributed by atoms with van der Waals surface area (Å²) in [4.78, 5) is 2.27. The highest BCUT2D eigenvalue weighted by Gasteiger charge is 2.19.